The highest BCUT2D eigenvalue weighted by molar-refractivity contribution is 5.91. The number of likely N-dealkylation sites (tertiary alicyclic amines) is 1. The normalized spacial score (nSPS) is 21.6. The van der Waals surface area contributed by atoms with Crippen molar-refractivity contribution in [3.05, 3.63) is 59.7 Å². The smallest absolute Gasteiger partial charge is 0.251 e. The van der Waals surface area contributed by atoms with E-state index in [4.69, 9.17) is 9.84 Å². The van der Waals surface area contributed by atoms with Gasteiger partial charge in [-0.3, -0.25) is 9.59 Å². The number of amides is 1. The zero-order valence-corrected chi connectivity index (χ0v) is 22.6. The van der Waals surface area contributed by atoms with Gasteiger partial charge in [-0.05, 0) is 66.7 Å². The van der Waals surface area contributed by atoms with Crippen LogP contribution in [0, 0.1) is 5.41 Å². The van der Waals surface area contributed by atoms with E-state index in [1.54, 1.807) is 0 Å². The SMILES string of the molecule is CC.CO.Cn1c(-c2ccc(C3CC34CCN(C(=O)C3CCCO3)CC4)cc2)cc2ccc(C=O)cc21. The van der Waals surface area contributed by atoms with Crippen LogP contribution in [0.2, 0.25) is 0 Å². The molecule has 2 atom stereocenters. The van der Waals surface area contributed by atoms with Crippen molar-refractivity contribution in [2.75, 3.05) is 26.8 Å². The summed E-state index contributed by atoms with van der Waals surface area (Å²) in [7, 11) is 3.06. The quantitative estimate of drug-likeness (QED) is 0.472. The molecule has 3 fully saturated rings. The lowest BCUT2D eigenvalue weighted by molar-refractivity contribution is -0.142. The molecule has 2 aromatic carbocycles. The minimum absolute atomic E-state index is 0.194. The van der Waals surface area contributed by atoms with Gasteiger partial charge in [-0.25, -0.2) is 0 Å². The van der Waals surface area contributed by atoms with Crippen molar-refractivity contribution >= 4 is 23.1 Å². The summed E-state index contributed by atoms with van der Waals surface area (Å²) < 4.78 is 7.77. The monoisotopic (exact) mass is 504 g/mol. The van der Waals surface area contributed by atoms with Gasteiger partial charge in [0.25, 0.3) is 5.91 Å². The minimum Gasteiger partial charge on any atom is -0.400 e. The molecule has 1 saturated carbocycles. The van der Waals surface area contributed by atoms with Crippen LogP contribution in [-0.4, -0.2) is 59.7 Å². The van der Waals surface area contributed by atoms with Crippen LogP contribution in [0.15, 0.2) is 48.5 Å². The van der Waals surface area contributed by atoms with Gasteiger partial charge in [0.15, 0.2) is 0 Å². The molecular weight excluding hydrogens is 464 g/mol. The Labute approximate surface area is 220 Å². The van der Waals surface area contributed by atoms with Crippen molar-refractivity contribution < 1.29 is 19.4 Å². The number of nitrogens with zero attached hydrogens (tertiary/aromatic N) is 2. The summed E-state index contributed by atoms with van der Waals surface area (Å²) in [6, 6.07) is 17.1. The van der Waals surface area contributed by atoms with Crippen molar-refractivity contribution in [3.8, 4) is 11.3 Å². The number of carbonyl (C=O) groups is 2. The first-order chi connectivity index (χ1) is 18.1. The van der Waals surface area contributed by atoms with Gasteiger partial charge in [-0.1, -0.05) is 50.2 Å². The first kappa shape index (κ1) is 27.1. The third-order valence-electron chi connectivity index (χ3n) is 8.28. The molecular formula is C31H40N2O4. The van der Waals surface area contributed by atoms with Crippen LogP contribution in [0.3, 0.4) is 0 Å². The zero-order chi connectivity index (χ0) is 26.6. The molecule has 1 N–H and O–H groups in total. The van der Waals surface area contributed by atoms with E-state index in [-0.39, 0.29) is 12.0 Å². The lowest BCUT2D eigenvalue weighted by Gasteiger charge is -2.34. The Kier molecular flexibility index (Phi) is 8.50. The molecule has 3 aliphatic rings. The van der Waals surface area contributed by atoms with Gasteiger partial charge < -0.3 is 19.3 Å². The van der Waals surface area contributed by atoms with Crippen LogP contribution in [0.4, 0.5) is 0 Å². The van der Waals surface area contributed by atoms with Gasteiger partial charge >= 0.3 is 0 Å². The van der Waals surface area contributed by atoms with Crippen LogP contribution in [0.25, 0.3) is 22.2 Å². The van der Waals surface area contributed by atoms with Crippen LogP contribution >= 0.6 is 0 Å². The fourth-order valence-corrected chi connectivity index (χ4v) is 6.10. The van der Waals surface area contributed by atoms with Crippen LogP contribution in [0.5, 0.6) is 0 Å². The number of aliphatic hydroxyl groups excluding tert-OH is 1. The average molecular weight is 505 g/mol. The Bertz CT molecular complexity index is 1220. The maximum absolute atomic E-state index is 12.7. The third kappa shape index (κ3) is 5.23. The van der Waals surface area contributed by atoms with E-state index in [9.17, 15) is 9.59 Å². The molecule has 1 spiro atoms. The number of hydrogen-bond donors (Lipinski definition) is 1. The lowest BCUT2D eigenvalue weighted by atomic mass is 9.88. The first-order valence-corrected chi connectivity index (χ1v) is 13.6. The van der Waals surface area contributed by atoms with Crippen LogP contribution in [-0.2, 0) is 16.6 Å². The molecule has 3 aromatic rings. The number of aldehydes is 1. The molecule has 198 valence electrons. The first-order valence-electron chi connectivity index (χ1n) is 13.6. The number of carbonyl (C=O) groups excluding carboxylic acids is 2. The third-order valence-corrected chi connectivity index (χ3v) is 8.28. The van der Waals surface area contributed by atoms with Crippen molar-refractivity contribution in [3.63, 3.8) is 0 Å². The van der Waals surface area contributed by atoms with E-state index < -0.39 is 0 Å². The molecule has 6 heteroatoms. The number of piperidine rings is 1. The fourth-order valence-electron chi connectivity index (χ4n) is 6.10. The molecule has 1 aromatic heterocycles. The highest BCUT2D eigenvalue weighted by atomic mass is 16.5. The van der Waals surface area contributed by atoms with E-state index in [0.29, 0.717) is 16.9 Å². The average Bonchev–Trinajstić information content (AvgIpc) is 3.27. The number of fused-ring (bicyclic) bond motifs is 1. The number of hydrogen-bond acceptors (Lipinski definition) is 4. The Balaban J connectivity index is 0.000000765. The Morgan fingerprint density at radius 2 is 1.76 bits per heavy atom. The summed E-state index contributed by atoms with van der Waals surface area (Å²) in [4.78, 5) is 25.9. The van der Waals surface area contributed by atoms with Gasteiger partial charge in [0.2, 0.25) is 0 Å². The van der Waals surface area contributed by atoms with Crippen LogP contribution < -0.4 is 0 Å². The van der Waals surface area contributed by atoms with E-state index in [2.05, 4.69) is 41.9 Å². The molecule has 0 bridgehead atoms. The standard InChI is InChI=1S/C28H30N2O3.C2H6.CH4O/c1-29-24-15-19(18-31)4-5-22(24)16-25(29)21-8-6-20(7-9-21)23-17-28(23)10-12-30(13-11-28)27(32)26-3-2-14-33-26;2*1-2/h4-9,15-16,18,23,26H,2-3,10-14,17H2,1H3;1-2H3;2H,1H3. The Hall–Kier alpha value is -2.96. The van der Waals surface area contributed by atoms with E-state index in [0.717, 1.165) is 75.4 Å². The van der Waals surface area contributed by atoms with Crippen molar-refractivity contribution in [2.24, 2.45) is 12.5 Å². The Morgan fingerprint density at radius 3 is 2.38 bits per heavy atom. The summed E-state index contributed by atoms with van der Waals surface area (Å²) in [5, 5.41) is 8.15. The predicted molar refractivity (Wildman–Crippen MR) is 148 cm³/mol. The second-order valence-electron chi connectivity index (χ2n) is 10.1. The van der Waals surface area contributed by atoms with Gasteiger partial charge in [0.1, 0.15) is 12.4 Å². The number of aliphatic hydroxyl groups is 1. The van der Waals surface area contributed by atoms with Gasteiger partial charge in [0, 0.05) is 56.0 Å². The number of aromatic nitrogens is 1. The second-order valence-corrected chi connectivity index (χ2v) is 10.1. The summed E-state index contributed by atoms with van der Waals surface area (Å²) in [5.41, 5.74) is 5.92. The molecule has 2 aliphatic heterocycles. The van der Waals surface area contributed by atoms with Crippen molar-refractivity contribution in [1.82, 2.24) is 9.47 Å². The van der Waals surface area contributed by atoms with E-state index >= 15 is 0 Å². The number of aryl methyl sites for hydroxylation is 1. The summed E-state index contributed by atoms with van der Waals surface area (Å²) in [6.07, 6.45) is 6.02. The number of benzene rings is 2. The molecule has 6 nitrogen and oxygen atoms in total. The summed E-state index contributed by atoms with van der Waals surface area (Å²) in [6.45, 7) is 6.46. The minimum atomic E-state index is -0.194. The van der Waals surface area contributed by atoms with Crippen molar-refractivity contribution in [1.29, 1.82) is 0 Å². The number of ether oxygens (including phenoxy) is 1. The van der Waals surface area contributed by atoms with Gasteiger partial charge in [0.05, 0.1) is 0 Å². The largest absolute Gasteiger partial charge is 0.400 e. The highest BCUT2D eigenvalue weighted by Crippen LogP contribution is 2.65. The highest BCUT2D eigenvalue weighted by Gasteiger charge is 2.55. The predicted octanol–water partition coefficient (Wildman–Crippen LogP) is 5.57. The van der Waals surface area contributed by atoms with E-state index in [1.165, 1.54) is 17.5 Å². The summed E-state index contributed by atoms with van der Waals surface area (Å²) >= 11 is 0. The molecule has 1 amide bonds. The molecule has 6 rings (SSSR count). The molecule has 2 saturated heterocycles. The van der Waals surface area contributed by atoms with Gasteiger partial charge in [-0.2, -0.15) is 0 Å². The fraction of sp³-hybridized carbons (Fsp3) is 0.484. The topological polar surface area (TPSA) is 71.8 Å². The lowest BCUT2D eigenvalue weighted by Crippen LogP contribution is -2.44. The maximum atomic E-state index is 12.7. The summed E-state index contributed by atoms with van der Waals surface area (Å²) in [5.74, 6) is 0.813. The molecule has 2 unspecified atom stereocenters. The van der Waals surface area contributed by atoms with Gasteiger partial charge in [-0.15, -0.1) is 0 Å². The molecule has 37 heavy (non-hydrogen) atoms. The molecule has 3 heterocycles. The zero-order valence-electron chi connectivity index (χ0n) is 22.6. The second kappa shape index (κ2) is 11.6. The van der Waals surface area contributed by atoms with Crippen LogP contribution in [0.1, 0.15) is 67.8 Å². The maximum Gasteiger partial charge on any atom is 0.251 e. The Morgan fingerprint density at radius 1 is 1.05 bits per heavy atom. The van der Waals surface area contributed by atoms with Crippen molar-refractivity contribution in [2.45, 2.75) is 58.0 Å². The van der Waals surface area contributed by atoms with E-state index in [1.807, 2.05) is 36.9 Å². The number of rotatable bonds is 4. The molecule has 1 aliphatic carbocycles. The molecule has 0 radical (unpaired) electrons.